The first-order valence-electron chi connectivity index (χ1n) is 8.50. The molecule has 0 radical (unpaired) electrons. The van der Waals surface area contributed by atoms with Gasteiger partial charge in [-0.2, -0.15) is 15.0 Å². The van der Waals surface area contributed by atoms with Crippen LogP contribution in [-0.4, -0.2) is 49.2 Å². The van der Waals surface area contributed by atoms with Crippen molar-refractivity contribution in [3.63, 3.8) is 0 Å². The summed E-state index contributed by atoms with van der Waals surface area (Å²) in [6.45, 7) is 5.73. The van der Waals surface area contributed by atoms with Crippen LogP contribution in [0.2, 0.25) is 0 Å². The summed E-state index contributed by atoms with van der Waals surface area (Å²) in [4.78, 5) is 23.6. The molecule has 0 aromatic carbocycles. The number of aromatic nitrogens is 5. The van der Waals surface area contributed by atoms with Gasteiger partial charge in [-0.05, 0) is 33.6 Å². The number of nitrogens with two attached hydrogens (primary N) is 1. The van der Waals surface area contributed by atoms with Crippen LogP contribution in [0, 0.1) is 0 Å². The van der Waals surface area contributed by atoms with E-state index in [2.05, 4.69) is 35.8 Å². The third-order valence-corrected chi connectivity index (χ3v) is 3.19. The molecule has 0 atom stereocenters. The van der Waals surface area contributed by atoms with Gasteiger partial charge in [0.05, 0.1) is 0 Å². The summed E-state index contributed by atoms with van der Waals surface area (Å²) in [5.41, 5.74) is 4.78. The van der Waals surface area contributed by atoms with E-state index in [1.165, 1.54) is 12.1 Å². The van der Waals surface area contributed by atoms with E-state index in [0.29, 0.717) is 17.9 Å². The fraction of sp³-hybridized carbons (Fsp3) is 0.500. The molecular weight excluding hydrogens is 352 g/mol. The van der Waals surface area contributed by atoms with E-state index in [4.69, 9.17) is 15.2 Å². The van der Waals surface area contributed by atoms with Gasteiger partial charge in [-0.1, -0.05) is 0 Å². The molecule has 11 heteroatoms. The Morgan fingerprint density at radius 3 is 2.41 bits per heavy atom. The SMILES string of the molecule is CC(C)(C)Nc1nc(NC2CC2)nc(Oc2ccc(OCC(N)=O)nn2)n1. The first kappa shape index (κ1) is 18.5. The Kier molecular flexibility index (Phi) is 5.19. The standard InChI is InChI=1S/C16H22N8O3/c1-16(2,3)22-14-19-13(18-9-4-5-9)20-15(21-14)27-12-7-6-11(23-24-12)26-8-10(17)25/h6-7,9H,4-5,8H2,1-3H3,(H2,17,25)(H2,18,19,20,21,22). The first-order valence-corrected chi connectivity index (χ1v) is 8.50. The number of ether oxygens (including phenoxy) is 2. The maximum Gasteiger partial charge on any atom is 0.330 e. The summed E-state index contributed by atoms with van der Waals surface area (Å²) in [6, 6.07) is 3.49. The lowest BCUT2D eigenvalue weighted by atomic mass is 10.1. The normalized spacial score (nSPS) is 13.7. The van der Waals surface area contributed by atoms with Crippen LogP contribution in [0.1, 0.15) is 33.6 Å². The average molecular weight is 374 g/mol. The maximum atomic E-state index is 10.7. The van der Waals surface area contributed by atoms with Gasteiger partial charge < -0.3 is 25.8 Å². The minimum Gasteiger partial charge on any atom is -0.466 e. The number of nitrogens with zero attached hydrogens (tertiary/aromatic N) is 5. The van der Waals surface area contributed by atoms with Crippen LogP contribution in [0.15, 0.2) is 12.1 Å². The molecule has 27 heavy (non-hydrogen) atoms. The summed E-state index contributed by atoms with van der Waals surface area (Å²) >= 11 is 0. The van der Waals surface area contributed by atoms with Crippen molar-refractivity contribution in [2.24, 2.45) is 5.73 Å². The Morgan fingerprint density at radius 1 is 1.15 bits per heavy atom. The number of primary amides is 1. The number of hydrogen-bond acceptors (Lipinski definition) is 10. The highest BCUT2D eigenvalue weighted by Gasteiger charge is 2.23. The molecule has 1 saturated carbocycles. The monoisotopic (exact) mass is 374 g/mol. The lowest BCUT2D eigenvalue weighted by molar-refractivity contribution is -0.120. The Bertz CT molecular complexity index is 802. The van der Waals surface area contributed by atoms with Crippen molar-refractivity contribution >= 4 is 17.8 Å². The summed E-state index contributed by atoms with van der Waals surface area (Å²) in [6.07, 6.45) is 2.17. The quantitative estimate of drug-likeness (QED) is 0.613. The van der Waals surface area contributed by atoms with E-state index in [1.54, 1.807) is 0 Å². The third kappa shape index (κ3) is 6.20. The zero-order chi connectivity index (χ0) is 19.4. The second-order valence-electron chi connectivity index (χ2n) is 7.13. The van der Waals surface area contributed by atoms with Crippen LogP contribution in [0.25, 0.3) is 0 Å². The van der Waals surface area contributed by atoms with Gasteiger partial charge in [-0.3, -0.25) is 4.79 Å². The molecule has 4 N–H and O–H groups in total. The topological polar surface area (TPSA) is 150 Å². The van der Waals surface area contributed by atoms with Crippen molar-refractivity contribution in [3.05, 3.63) is 12.1 Å². The maximum absolute atomic E-state index is 10.7. The molecule has 0 saturated heterocycles. The predicted octanol–water partition coefficient (Wildman–Crippen LogP) is 1.10. The molecule has 1 aliphatic rings. The molecule has 144 valence electrons. The molecule has 0 spiro atoms. The zero-order valence-corrected chi connectivity index (χ0v) is 15.4. The summed E-state index contributed by atoms with van der Waals surface area (Å²) < 4.78 is 10.6. The van der Waals surface area contributed by atoms with E-state index < -0.39 is 5.91 Å². The molecule has 2 heterocycles. The fourth-order valence-corrected chi connectivity index (χ4v) is 1.95. The van der Waals surface area contributed by atoms with Gasteiger partial charge in [0.2, 0.25) is 23.7 Å². The molecule has 2 aromatic rings. The molecule has 0 aliphatic heterocycles. The first-order chi connectivity index (χ1) is 12.8. The van der Waals surface area contributed by atoms with Crippen LogP contribution < -0.4 is 25.8 Å². The predicted molar refractivity (Wildman–Crippen MR) is 96.6 cm³/mol. The average Bonchev–Trinajstić information content (AvgIpc) is 3.36. The van der Waals surface area contributed by atoms with Gasteiger partial charge >= 0.3 is 6.01 Å². The van der Waals surface area contributed by atoms with Crippen LogP contribution >= 0.6 is 0 Å². The van der Waals surface area contributed by atoms with Gasteiger partial charge in [-0.25, -0.2) is 0 Å². The Balaban J connectivity index is 1.74. The van der Waals surface area contributed by atoms with Crippen LogP contribution in [0.4, 0.5) is 11.9 Å². The lowest BCUT2D eigenvalue weighted by Crippen LogP contribution is -2.27. The Morgan fingerprint density at radius 2 is 1.81 bits per heavy atom. The van der Waals surface area contributed by atoms with Gasteiger partial charge in [0.1, 0.15) is 0 Å². The largest absolute Gasteiger partial charge is 0.466 e. The van der Waals surface area contributed by atoms with E-state index >= 15 is 0 Å². The molecule has 1 fully saturated rings. The molecule has 1 aliphatic carbocycles. The zero-order valence-electron chi connectivity index (χ0n) is 15.4. The van der Waals surface area contributed by atoms with E-state index in [1.807, 2.05) is 20.8 Å². The van der Waals surface area contributed by atoms with Crippen molar-refractivity contribution in [3.8, 4) is 17.8 Å². The van der Waals surface area contributed by atoms with Gasteiger partial charge in [0.15, 0.2) is 6.61 Å². The second kappa shape index (κ2) is 7.56. The molecular formula is C16H22N8O3. The summed E-state index contributed by atoms with van der Waals surface area (Å²) in [5, 5.41) is 14.1. The van der Waals surface area contributed by atoms with Crippen LogP contribution in [0.3, 0.4) is 0 Å². The minimum absolute atomic E-state index is 0.0833. The van der Waals surface area contributed by atoms with Crippen molar-refractivity contribution in [1.82, 2.24) is 25.1 Å². The van der Waals surface area contributed by atoms with E-state index in [0.717, 1.165) is 12.8 Å². The third-order valence-electron chi connectivity index (χ3n) is 3.19. The number of carbonyl (C=O) groups excluding carboxylic acids is 1. The fourth-order valence-electron chi connectivity index (χ4n) is 1.95. The Hall–Kier alpha value is -3.24. The van der Waals surface area contributed by atoms with Crippen molar-refractivity contribution < 1.29 is 14.3 Å². The number of carbonyl (C=O) groups is 1. The van der Waals surface area contributed by atoms with E-state index in [-0.39, 0.29) is 29.9 Å². The van der Waals surface area contributed by atoms with Crippen LogP contribution in [0.5, 0.6) is 17.8 Å². The molecule has 0 bridgehead atoms. The number of hydrogen-bond donors (Lipinski definition) is 3. The highest BCUT2D eigenvalue weighted by molar-refractivity contribution is 5.75. The number of anilines is 2. The highest BCUT2D eigenvalue weighted by atomic mass is 16.5. The summed E-state index contributed by atoms with van der Waals surface area (Å²) in [5.74, 6) is 0.556. The molecule has 11 nitrogen and oxygen atoms in total. The number of nitrogens with one attached hydrogen (secondary N) is 2. The minimum atomic E-state index is -0.600. The van der Waals surface area contributed by atoms with E-state index in [9.17, 15) is 4.79 Å². The smallest absolute Gasteiger partial charge is 0.330 e. The molecule has 0 unspecified atom stereocenters. The molecule has 1 amide bonds. The second-order valence-corrected chi connectivity index (χ2v) is 7.13. The summed E-state index contributed by atoms with van der Waals surface area (Å²) in [7, 11) is 0. The molecule has 3 rings (SSSR count). The highest BCUT2D eigenvalue weighted by Crippen LogP contribution is 2.25. The molecule has 2 aromatic heterocycles. The van der Waals surface area contributed by atoms with Crippen molar-refractivity contribution in [2.75, 3.05) is 17.2 Å². The van der Waals surface area contributed by atoms with Gasteiger partial charge in [0, 0.05) is 23.7 Å². The van der Waals surface area contributed by atoms with Gasteiger partial charge in [0.25, 0.3) is 5.91 Å². The van der Waals surface area contributed by atoms with Gasteiger partial charge in [-0.15, -0.1) is 10.2 Å². The van der Waals surface area contributed by atoms with Crippen LogP contribution in [-0.2, 0) is 4.79 Å². The lowest BCUT2D eigenvalue weighted by Gasteiger charge is -2.20. The number of amides is 1. The van der Waals surface area contributed by atoms with Crippen molar-refractivity contribution in [1.29, 1.82) is 0 Å². The Labute approximate surface area is 156 Å². The van der Waals surface area contributed by atoms with Crippen molar-refractivity contribution in [2.45, 2.75) is 45.2 Å². The number of rotatable bonds is 8.